The summed E-state index contributed by atoms with van der Waals surface area (Å²) in [5.41, 5.74) is 0. The minimum Gasteiger partial charge on any atom is -0.0773 e. The first-order chi connectivity index (χ1) is 44.2. The van der Waals surface area contributed by atoms with Crippen molar-refractivity contribution in [2.24, 2.45) is 94.7 Å². The van der Waals surface area contributed by atoms with Crippen LogP contribution < -0.4 is 0 Å². The van der Waals surface area contributed by atoms with Gasteiger partial charge in [-0.25, -0.2) is 0 Å². The van der Waals surface area contributed by atoms with E-state index in [9.17, 15) is 0 Å². The molecule has 0 aliphatic heterocycles. The number of rotatable bonds is 30. The van der Waals surface area contributed by atoms with E-state index in [1.165, 1.54) is 347 Å². The molecule has 0 N–H and O–H groups in total. The fourth-order valence-corrected chi connectivity index (χ4v) is 20.5. The molecule has 90 heavy (non-hydrogen) atoms. The summed E-state index contributed by atoms with van der Waals surface area (Å²) in [6, 6.07) is 0. The van der Waals surface area contributed by atoms with Gasteiger partial charge in [0.2, 0.25) is 0 Å². The summed E-state index contributed by atoms with van der Waals surface area (Å²) in [6.45, 7) is 29.7. The molecule has 528 valence electrons. The Kier molecular flexibility index (Phi) is 51.8. The third-order valence-corrected chi connectivity index (χ3v) is 25.5. The lowest BCUT2D eigenvalue weighted by Gasteiger charge is -2.30. The van der Waals surface area contributed by atoms with Crippen LogP contribution in [0.25, 0.3) is 0 Å². The molecule has 0 heteroatoms. The quantitative estimate of drug-likeness (QED) is 0.0672. The van der Waals surface area contributed by atoms with Crippen molar-refractivity contribution in [2.75, 3.05) is 0 Å². The Balaban J connectivity index is 1.94. The van der Waals surface area contributed by atoms with Crippen molar-refractivity contribution in [3.63, 3.8) is 0 Å². The first-order valence-electron chi connectivity index (χ1n) is 42.9. The van der Waals surface area contributed by atoms with Crippen molar-refractivity contribution >= 4 is 0 Å². The highest BCUT2D eigenvalue weighted by atomic mass is 14.3. The van der Waals surface area contributed by atoms with Crippen molar-refractivity contribution in [1.82, 2.24) is 0 Å². The van der Waals surface area contributed by atoms with E-state index in [0.717, 1.165) is 82.9 Å². The average Bonchev–Trinajstić information content (AvgIpc) is 3.74. The second-order valence-electron chi connectivity index (χ2n) is 32.3. The minimum absolute atomic E-state index is 0.531. The van der Waals surface area contributed by atoms with Crippen LogP contribution in [0.4, 0.5) is 0 Å². The van der Waals surface area contributed by atoms with E-state index in [0.29, 0.717) is 11.8 Å². The predicted molar refractivity (Wildman–Crippen MR) is 410 cm³/mol. The predicted octanol–water partition coefficient (Wildman–Crippen LogP) is 31.4. The zero-order valence-corrected chi connectivity index (χ0v) is 64.0. The number of hydrogen-bond donors (Lipinski definition) is 0. The van der Waals surface area contributed by atoms with Crippen molar-refractivity contribution < 1.29 is 0 Å². The number of allylic oxidation sites excluding steroid dienone is 8. The van der Waals surface area contributed by atoms with Gasteiger partial charge >= 0.3 is 0 Å². The molecule has 4 atom stereocenters. The molecule has 0 radical (unpaired) electrons. The van der Waals surface area contributed by atoms with E-state index in [1.54, 1.807) is 0 Å². The molecule has 0 bridgehead atoms. The second kappa shape index (κ2) is 56.0. The van der Waals surface area contributed by atoms with Gasteiger partial charge in [0, 0.05) is 0 Å². The molecule has 0 aromatic rings. The van der Waals surface area contributed by atoms with Gasteiger partial charge in [0.1, 0.15) is 0 Å². The molecule has 0 heterocycles. The molecule has 2 fully saturated rings. The molecule has 3 aliphatic rings. The second-order valence-corrected chi connectivity index (χ2v) is 32.3. The zero-order chi connectivity index (χ0) is 65.1. The molecule has 0 spiro atoms. The molecule has 0 amide bonds. The molecule has 2 saturated carbocycles. The molecule has 3 aliphatic carbocycles. The summed E-state index contributed by atoms with van der Waals surface area (Å²) in [5, 5.41) is 0. The first-order valence-corrected chi connectivity index (χ1v) is 42.9. The van der Waals surface area contributed by atoms with Gasteiger partial charge in [0.25, 0.3) is 0 Å². The first kappa shape index (κ1) is 83.2. The summed E-state index contributed by atoms with van der Waals surface area (Å²) in [4.78, 5) is 0. The highest BCUT2D eigenvalue weighted by Crippen LogP contribution is 2.42. The van der Waals surface area contributed by atoms with Crippen LogP contribution in [0, 0.1) is 94.7 Å². The molecule has 3 rings (SSSR count). The van der Waals surface area contributed by atoms with Gasteiger partial charge in [-0.1, -0.05) is 453 Å². The molecule has 0 aromatic heterocycles. The fraction of sp³-hybridized carbons (Fsp3) is 0.911. The Hall–Kier alpha value is -1.04. The summed E-state index contributed by atoms with van der Waals surface area (Å²) in [6.07, 6.45) is 98.8. The van der Waals surface area contributed by atoms with Crippen LogP contribution in [-0.4, -0.2) is 0 Å². The highest BCUT2D eigenvalue weighted by molar-refractivity contribution is 5.19. The Morgan fingerprint density at radius 3 is 0.489 bits per heavy atom. The third kappa shape index (κ3) is 35.3. The summed E-state index contributed by atoms with van der Waals surface area (Å²) >= 11 is 0. The van der Waals surface area contributed by atoms with Crippen molar-refractivity contribution in [1.29, 1.82) is 0 Å². The van der Waals surface area contributed by atoms with Crippen molar-refractivity contribution in [3.05, 3.63) is 48.6 Å². The lowest BCUT2D eigenvalue weighted by atomic mass is 9.75. The van der Waals surface area contributed by atoms with E-state index in [1.807, 2.05) is 0 Å². The van der Waals surface area contributed by atoms with Gasteiger partial charge in [0.05, 0.1) is 0 Å². The molecule has 0 nitrogen and oxygen atoms in total. The molecule has 0 aromatic carbocycles. The Labute approximate surface area is 569 Å². The fourth-order valence-electron chi connectivity index (χ4n) is 20.5. The van der Waals surface area contributed by atoms with Gasteiger partial charge in [-0.3, -0.25) is 0 Å². The van der Waals surface area contributed by atoms with Crippen LogP contribution in [0.5, 0.6) is 0 Å². The standard InChI is InChI=1S/C90H168/c1-13-45-76(46-14-2)82-57-27-25-55-81(75(23-11)24-12)56-26-28-58-83(77(47-15-3)48-16-4)64-34-38-68-87(67-37-33-63-82)89-71-41-43-73-90(74-44-42-72-89)88-69-39-35-65-85(79(51-19-7)52-20-8)61-31-29-59-84(78(49-17-5)50-18-6)60-30-32-62-86(66-36-40-70-88)80(53-21-9)54-22-10/h41-44,71-90H,13-40,45-70H2,1-12H3. The van der Waals surface area contributed by atoms with Crippen LogP contribution in [0.3, 0.4) is 0 Å². The minimum atomic E-state index is 0.531. The van der Waals surface area contributed by atoms with Crippen LogP contribution in [0.2, 0.25) is 0 Å². The van der Waals surface area contributed by atoms with Gasteiger partial charge < -0.3 is 0 Å². The van der Waals surface area contributed by atoms with Crippen LogP contribution in [-0.2, 0) is 0 Å². The van der Waals surface area contributed by atoms with Gasteiger partial charge in [-0.15, -0.1) is 0 Å². The molecular weight excluding hydrogens is 1080 g/mol. The molecule has 4 unspecified atom stereocenters. The monoisotopic (exact) mass is 1250 g/mol. The maximum Gasteiger partial charge on any atom is -0.00190 e. The molecular formula is C90H168. The Morgan fingerprint density at radius 2 is 0.344 bits per heavy atom. The lowest BCUT2D eigenvalue weighted by Crippen LogP contribution is -2.18. The summed E-state index contributed by atoms with van der Waals surface area (Å²) in [7, 11) is 0. The zero-order valence-electron chi connectivity index (χ0n) is 64.0. The Morgan fingerprint density at radius 1 is 0.200 bits per heavy atom. The van der Waals surface area contributed by atoms with Gasteiger partial charge in [-0.2, -0.15) is 0 Å². The Bertz CT molecular complexity index is 1540. The normalized spacial score (nSPS) is 27.1. The lowest BCUT2D eigenvalue weighted by molar-refractivity contribution is 0.215. The number of hydrogen-bond acceptors (Lipinski definition) is 0. The summed E-state index contributed by atoms with van der Waals surface area (Å²) in [5.74, 6) is 13.9. The topological polar surface area (TPSA) is 0 Å². The van der Waals surface area contributed by atoms with E-state index in [-0.39, 0.29) is 0 Å². The van der Waals surface area contributed by atoms with E-state index in [2.05, 4.69) is 132 Å². The van der Waals surface area contributed by atoms with Crippen molar-refractivity contribution in [2.45, 2.75) is 430 Å². The highest BCUT2D eigenvalue weighted by Gasteiger charge is 2.29. The van der Waals surface area contributed by atoms with E-state index < -0.39 is 0 Å². The van der Waals surface area contributed by atoms with Crippen LogP contribution in [0.1, 0.15) is 430 Å². The smallest absolute Gasteiger partial charge is 0.00190 e. The maximum absolute atomic E-state index is 2.69. The largest absolute Gasteiger partial charge is 0.0773 e. The SMILES string of the molecule is CCCC(CCC)C1CCCCC(C2C=CC=CC(C3CCCCC(C(CCC)CCC)CCCCC(C(CCC)CCC)CCCCC(C(CCC)CCC)CCCC3)C=CC=C2)CCCCC(C(CCC)CCC)CCCCC(C(CC)CC)CCCC1. The van der Waals surface area contributed by atoms with Gasteiger partial charge in [-0.05, 0) is 120 Å². The van der Waals surface area contributed by atoms with Crippen molar-refractivity contribution in [3.8, 4) is 0 Å². The van der Waals surface area contributed by atoms with Crippen LogP contribution >= 0.6 is 0 Å². The summed E-state index contributed by atoms with van der Waals surface area (Å²) < 4.78 is 0. The van der Waals surface area contributed by atoms with E-state index >= 15 is 0 Å². The average molecular weight is 1250 g/mol. The van der Waals surface area contributed by atoms with E-state index in [4.69, 9.17) is 0 Å². The third-order valence-electron chi connectivity index (χ3n) is 25.5. The van der Waals surface area contributed by atoms with Crippen LogP contribution in [0.15, 0.2) is 48.6 Å². The van der Waals surface area contributed by atoms with Gasteiger partial charge in [0.15, 0.2) is 0 Å². The molecule has 0 saturated heterocycles. The maximum atomic E-state index is 2.69.